The first-order valence-corrected chi connectivity index (χ1v) is 10.7. The highest BCUT2D eigenvalue weighted by atomic mass is 32.2. The van der Waals surface area contributed by atoms with E-state index in [0.717, 1.165) is 12.1 Å². The molecule has 3 aromatic rings. The van der Waals surface area contributed by atoms with Crippen LogP contribution in [0.25, 0.3) is 11.1 Å². The van der Waals surface area contributed by atoms with E-state index < -0.39 is 27.7 Å². The first-order valence-electron chi connectivity index (χ1n) is 9.22. The van der Waals surface area contributed by atoms with Gasteiger partial charge in [-0.15, -0.1) is 0 Å². The van der Waals surface area contributed by atoms with Gasteiger partial charge in [-0.3, -0.25) is 9.10 Å². The molecule has 0 saturated heterocycles. The zero-order chi connectivity index (χ0) is 22.6. The quantitative estimate of drug-likeness (QED) is 0.598. The Hall–Kier alpha value is -3.33. The average molecular weight is 446 g/mol. The van der Waals surface area contributed by atoms with Gasteiger partial charge in [0.05, 0.1) is 16.1 Å². The third kappa shape index (κ3) is 3.54. The molecule has 3 aromatic carbocycles. The number of sulfonamides is 1. The van der Waals surface area contributed by atoms with Gasteiger partial charge < -0.3 is 5.32 Å². The van der Waals surface area contributed by atoms with Gasteiger partial charge in [0.1, 0.15) is 0 Å². The van der Waals surface area contributed by atoms with Gasteiger partial charge in [-0.2, -0.15) is 13.2 Å². The summed E-state index contributed by atoms with van der Waals surface area (Å²) in [5.41, 5.74) is 1.80. The van der Waals surface area contributed by atoms with Crippen LogP contribution in [0, 0.1) is 6.92 Å². The summed E-state index contributed by atoms with van der Waals surface area (Å²) >= 11 is 0. The summed E-state index contributed by atoms with van der Waals surface area (Å²) in [6, 6.07) is 13.8. The van der Waals surface area contributed by atoms with Crippen LogP contribution < -0.4 is 9.62 Å². The zero-order valence-electron chi connectivity index (χ0n) is 16.5. The van der Waals surface area contributed by atoms with E-state index in [1.54, 1.807) is 37.3 Å². The van der Waals surface area contributed by atoms with Crippen LogP contribution in [0.1, 0.15) is 21.5 Å². The van der Waals surface area contributed by atoms with Gasteiger partial charge in [0.25, 0.3) is 15.9 Å². The molecule has 160 valence electrons. The highest BCUT2D eigenvalue weighted by Crippen LogP contribution is 2.44. The summed E-state index contributed by atoms with van der Waals surface area (Å²) in [5, 5.41) is 2.58. The Balaban J connectivity index is 1.73. The maximum absolute atomic E-state index is 12.8. The summed E-state index contributed by atoms with van der Waals surface area (Å²) < 4.78 is 65.1. The lowest BCUT2D eigenvalue weighted by Crippen LogP contribution is -2.31. The minimum Gasteiger partial charge on any atom is -0.322 e. The molecule has 9 heteroatoms. The molecule has 0 saturated carbocycles. The van der Waals surface area contributed by atoms with Crippen molar-refractivity contribution in [1.82, 2.24) is 0 Å². The molecule has 1 N–H and O–H groups in total. The first-order chi connectivity index (χ1) is 14.5. The van der Waals surface area contributed by atoms with Crippen LogP contribution in [0.5, 0.6) is 0 Å². The van der Waals surface area contributed by atoms with Crippen LogP contribution in [-0.4, -0.2) is 21.4 Å². The van der Waals surface area contributed by atoms with Crippen molar-refractivity contribution in [3.05, 3.63) is 77.4 Å². The van der Waals surface area contributed by atoms with E-state index in [-0.39, 0.29) is 16.1 Å². The third-order valence-electron chi connectivity index (χ3n) is 5.16. The molecule has 0 aromatic heterocycles. The standard InChI is InChI=1S/C22H17F3N2O3S/c1-13-11-14(21(28)26-16-9-7-15(8-10-16)22(23,24)25)12-18-17-5-3-4-6-19(17)31(29,30)27(2)20(13)18/h3-12H,1-2H3,(H,26,28). The molecule has 1 aliphatic rings. The number of aryl methyl sites for hydroxylation is 1. The normalized spacial score (nSPS) is 14.5. The lowest BCUT2D eigenvalue weighted by molar-refractivity contribution is -0.137. The molecule has 4 rings (SSSR count). The number of benzene rings is 3. The Kier molecular flexibility index (Phi) is 4.81. The molecule has 0 spiro atoms. The SMILES string of the molecule is Cc1cc(C(=O)Nc2ccc(C(F)(F)F)cc2)cc2c1N(C)S(=O)(=O)c1ccccc1-2. The number of nitrogens with one attached hydrogen (secondary N) is 1. The summed E-state index contributed by atoms with van der Waals surface area (Å²) in [7, 11) is -2.26. The smallest absolute Gasteiger partial charge is 0.322 e. The van der Waals surface area contributed by atoms with Gasteiger partial charge >= 0.3 is 6.18 Å². The molecule has 0 radical (unpaired) electrons. The Morgan fingerprint density at radius 2 is 1.61 bits per heavy atom. The van der Waals surface area contributed by atoms with Crippen molar-refractivity contribution in [2.45, 2.75) is 18.0 Å². The molecular formula is C22H17F3N2O3S. The maximum Gasteiger partial charge on any atom is 0.416 e. The second-order valence-corrected chi connectivity index (χ2v) is 9.12. The summed E-state index contributed by atoms with van der Waals surface area (Å²) in [4.78, 5) is 12.9. The van der Waals surface area contributed by atoms with Gasteiger partial charge in [-0.1, -0.05) is 18.2 Å². The van der Waals surface area contributed by atoms with Crippen molar-refractivity contribution in [3.63, 3.8) is 0 Å². The highest BCUT2D eigenvalue weighted by molar-refractivity contribution is 7.93. The number of fused-ring (bicyclic) bond motifs is 3. The lowest BCUT2D eigenvalue weighted by atomic mass is 9.96. The number of hydrogen-bond donors (Lipinski definition) is 1. The van der Waals surface area contributed by atoms with Crippen LogP contribution in [0.15, 0.2) is 65.6 Å². The van der Waals surface area contributed by atoms with Crippen molar-refractivity contribution in [2.24, 2.45) is 0 Å². The molecule has 0 fully saturated rings. The predicted octanol–water partition coefficient (Wildman–Crippen LogP) is 5.07. The first kappa shape index (κ1) is 20.9. The molecular weight excluding hydrogens is 429 g/mol. The van der Waals surface area contributed by atoms with Crippen LogP contribution in [0.4, 0.5) is 24.5 Å². The predicted molar refractivity (Wildman–Crippen MR) is 112 cm³/mol. The van der Waals surface area contributed by atoms with Crippen molar-refractivity contribution in [1.29, 1.82) is 0 Å². The Morgan fingerprint density at radius 3 is 2.26 bits per heavy atom. The topological polar surface area (TPSA) is 66.5 Å². The molecule has 0 aliphatic carbocycles. The Bertz CT molecular complexity index is 1300. The van der Waals surface area contributed by atoms with E-state index in [4.69, 9.17) is 0 Å². The van der Waals surface area contributed by atoms with Crippen molar-refractivity contribution < 1.29 is 26.4 Å². The highest BCUT2D eigenvalue weighted by Gasteiger charge is 2.34. The van der Waals surface area contributed by atoms with E-state index in [1.807, 2.05) is 0 Å². The van der Waals surface area contributed by atoms with E-state index in [1.165, 1.54) is 29.6 Å². The van der Waals surface area contributed by atoms with Gasteiger partial charge in [0.15, 0.2) is 0 Å². The fraction of sp³-hybridized carbons (Fsp3) is 0.136. The molecule has 0 bridgehead atoms. The summed E-state index contributed by atoms with van der Waals surface area (Å²) in [5.74, 6) is -0.515. The van der Waals surface area contributed by atoms with Gasteiger partial charge in [0.2, 0.25) is 0 Å². The van der Waals surface area contributed by atoms with E-state index in [2.05, 4.69) is 5.32 Å². The largest absolute Gasteiger partial charge is 0.416 e. The van der Waals surface area contributed by atoms with Crippen LogP contribution in [0.3, 0.4) is 0 Å². The second kappa shape index (κ2) is 7.12. The number of alkyl halides is 3. The number of rotatable bonds is 2. The van der Waals surface area contributed by atoms with E-state index >= 15 is 0 Å². The molecule has 1 heterocycles. The fourth-order valence-corrected chi connectivity index (χ4v) is 5.15. The molecule has 1 aliphatic heterocycles. The number of carbonyl (C=O) groups excluding carboxylic acids is 1. The summed E-state index contributed by atoms with van der Waals surface area (Å²) in [6.07, 6.45) is -4.46. The van der Waals surface area contributed by atoms with Crippen molar-refractivity contribution >= 4 is 27.3 Å². The lowest BCUT2D eigenvalue weighted by Gasteiger charge is -2.31. The monoisotopic (exact) mass is 446 g/mol. The van der Waals surface area contributed by atoms with Crippen LogP contribution in [0.2, 0.25) is 0 Å². The van der Waals surface area contributed by atoms with Crippen LogP contribution in [-0.2, 0) is 16.2 Å². The number of nitrogens with zero attached hydrogens (tertiary/aromatic N) is 1. The number of hydrogen-bond acceptors (Lipinski definition) is 3. The molecule has 5 nitrogen and oxygen atoms in total. The Labute approximate surface area is 177 Å². The van der Waals surface area contributed by atoms with Gasteiger partial charge in [-0.25, -0.2) is 8.42 Å². The number of anilines is 2. The zero-order valence-corrected chi connectivity index (χ0v) is 17.3. The Morgan fingerprint density at radius 1 is 0.968 bits per heavy atom. The minimum absolute atomic E-state index is 0.143. The van der Waals surface area contributed by atoms with Crippen LogP contribution >= 0.6 is 0 Å². The second-order valence-electron chi connectivity index (χ2n) is 7.19. The third-order valence-corrected chi connectivity index (χ3v) is 6.98. The molecule has 0 atom stereocenters. The number of carbonyl (C=O) groups is 1. The van der Waals surface area contributed by atoms with Gasteiger partial charge in [0, 0.05) is 29.4 Å². The summed E-state index contributed by atoms with van der Waals surface area (Å²) in [6.45, 7) is 1.70. The fourth-order valence-electron chi connectivity index (χ4n) is 3.66. The van der Waals surface area contributed by atoms with Crippen molar-refractivity contribution in [3.8, 4) is 11.1 Å². The number of amides is 1. The van der Waals surface area contributed by atoms with E-state index in [9.17, 15) is 26.4 Å². The van der Waals surface area contributed by atoms with Crippen molar-refractivity contribution in [2.75, 3.05) is 16.7 Å². The molecule has 1 amide bonds. The maximum atomic E-state index is 12.8. The average Bonchev–Trinajstić information content (AvgIpc) is 2.71. The molecule has 31 heavy (non-hydrogen) atoms. The number of halogens is 3. The minimum atomic E-state index is -4.46. The van der Waals surface area contributed by atoms with Gasteiger partial charge in [-0.05, 0) is 55.0 Å². The van der Waals surface area contributed by atoms with E-state index in [0.29, 0.717) is 22.4 Å². The molecule has 0 unspecified atom stereocenters.